The van der Waals surface area contributed by atoms with Crippen molar-refractivity contribution in [3.8, 4) is 0 Å². The molecule has 0 bridgehead atoms. The van der Waals surface area contributed by atoms with Gasteiger partial charge in [-0.25, -0.2) is 0 Å². The van der Waals surface area contributed by atoms with E-state index < -0.39 is 11.4 Å². The van der Waals surface area contributed by atoms with Crippen molar-refractivity contribution >= 4 is 5.97 Å². The molecule has 4 atom stereocenters. The van der Waals surface area contributed by atoms with Crippen LogP contribution in [0.1, 0.15) is 65.7 Å². The largest absolute Gasteiger partial charge is 0.481 e. The highest BCUT2D eigenvalue weighted by atomic mass is 16.4. The third-order valence-electron chi connectivity index (χ3n) is 6.78. The lowest BCUT2D eigenvalue weighted by Crippen LogP contribution is -2.53. The molecule has 0 amide bonds. The van der Waals surface area contributed by atoms with E-state index in [1.54, 1.807) is 0 Å². The minimum Gasteiger partial charge on any atom is -0.481 e. The minimum absolute atomic E-state index is 0.0419. The van der Waals surface area contributed by atoms with Gasteiger partial charge in [0.1, 0.15) is 0 Å². The van der Waals surface area contributed by atoms with Gasteiger partial charge in [-0.1, -0.05) is 37.1 Å². The van der Waals surface area contributed by atoms with Crippen LogP contribution < -0.4 is 0 Å². The summed E-state index contributed by atoms with van der Waals surface area (Å²) in [5.41, 5.74) is 1.96. The molecule has 2 N–H and O–H groups in total. The van der Waals surface area contributed by atoms with Gasteiger partial charge in [-0.15, -0.1) is 0 Å². The molecule has 0 aromatic rings. The first kappa shape index (κ1) is 18.3. The fraction of sp³-hybridized carbons (Fsp3) is 0.750. The van der Waals surface area contributed by atoms with Gasteiger partial charge in [-0.05, 0) is 69.6 Å². The van der Waals surface area contributed by atoms with Crippen molar-refractivity contribution in [2.75, 3.05) is 6.61 Å². The summed E-state index contributed by atoms with van der Waals surface area (Å²) in [7, 11) is 0. The highest BCUT2D eigenvalue weighted by Gasteiger charge is 2.57. The molecule has 2 rings (SSSR count). The Morgan fingerprint density at radius 2 is 2.09 bits per heavy atom. The molecule has 130 valence electrons. The topological polar surface area (TPSA) is 57.5 Å². The summed E-state index contributed by atoms with van der Waals surface area (Å²) in [6, 6.07) is 0. The molecule has 2 fully saturated rings. The number of carbonyl (C=O) groups is 1. The van der Waals surface area contributed by atoms with Gasteiger partial charge < -0.3 is 10.2 Å². The first-order chi connectivity index (χ1) is 10.8. The van der Waals surface area contributed by atoms with E-state index in [4.69, 9.17) is 5.11 Å². The Kier molecular flexibility index (Phi) is 5.40. The van der Waals surface area contributed by atoms with Gasteiger partial charge in [-0.3, -0.25) is 4.79 Å². The number of carboxylic acids is 1. The fourth-order valence-corrected chi connectivity index (χ4v) is 5.37. The molecular weight excluding hydrogens is 288 g/mol. The van der Waals surface area contributed by atoms with Crippen molar-refractivity contribution in [1.82, 2.24) is 0 Å². The molecule has 1 unspecified atom stereocenters. The lowest BCUT2D eigenvalue weighted by molar-refractivity contribution is -0.164. The molecule has 0 radical (unpaired) electrons. The Morgan fingerprint density at radius 3 is 2.70 bits per heavy atom. The van der Waals surface area contributed by atoms with E-state index >= 15 is 0 Å². The monoisotopic (exact) mass is 320 g/mol. The molecule has 2 saturated carbocycles. The maximum absolute atomic E-state index is 12.0. The average molecular weight is 320 g/mol. The van der Waals surface area contributed by atoms with E-state index in [0.29, 0.717) is 5.92 Å². The summed E-state index contributed by atoms with van der Waals surface area (Å²) in [4.78, 5) is 12.0. The van der Waals surface area contributed by atoms with Crippen molar-refractivity contribution in [1.29, 1.82) is 0 Å². The standard InChI is InChI=1S/C20H32O3/c1-14(10-13-21)6-8-16-15(2)7-9-17-19(16,3)11-5-12-20(17,4)18(22)23/h10,16-17,21H,2,5-9,11-13H2,1,3-4H3,(H,22,23)/b14-10+/t16-,17?,19+,20-/m0/s1. The highest BCUT2D eigenvalue weighted by molar-refractivity contribution is 5.75. The maximum atomic E-state index is 12.0. The number of aliphatic hydroxyl groups is 1. The molecule has 2 aliphatic rings. The molecule has 3 nitrogen and oxygen atoms in total. The van der Waals surface area contributed by atoms with Crippen molar-refractivity contribution in [3.63, 3.8) is 0 Å². The van der Waals surface area contributed by atoms with Gasteiger partial charge in [0.15, 0.2) is 0 Å². The number of hydrogen-bond acceptors (Lipinski definition) is 2. The summed E-state index contributed by atoms with van der Waals surface area (Å²) < 4.78 is 0. The van der Waals surface area contributed by atoms with Crippen molar-refractivity contribution < 1.29 is 15.0 Å². The van der Waals surface area contributed by atoms with Gasteiger partial charge in [0.05, 0.1) is 12.0 Å². The first-order valence-electron chi connectivity index (χ1n) is 8.93. The number of allylic oxidation sites excluding steroid dienone is 2. The number of rotatable bonds is 5. The SMILES string of the molecule is C=C1CCC2[C@](C)(CCC[C@]2(C)C(=O)O)[C@H]1CC/C(C)=C/CO. The lowest BCUT2D eigenvalue weighted by Gasteiger charge is -2.57. The first-order valence-corrected chi connectivity index (χ1v) is 8.93. The number of aliphatic carboxylic acids is 1. The van der Waals surface area contributed by atoms with Crippen LogP contribution in [0.15, 0.2) is 23.8 Å². The molecule has 0 spiro atoms. The summed E-state index contributed by atoms with van der Waals surface area (Å²) in [5, 5.41) is 18.9. The van der Waals surface area contributed by atoms with E-state index in [9.17, 15) is 9.90 Å². The third-order valence-corrected chi connectivity index (χ3v) is 6.78. The Balaban J connectivity index is 2.26. The molecule has 0 aromatic heterocycles. The maximum Gasteiger partial charge on any atom is 0.309 e. The normalized spacial score (nSPS) is 38.3. The Morgan fingerprint density at radius 1 is 1.39 bits per heavy atom. The average Bonchev–Trinajstić information content (AvgIpc) is 2.46. The van der Waals surface area contributed by atoms with Crippen LogP contribution in [0.2, 0.25) is 0 Å². The molecule has 23 heavy (non-hydrogen) atoms. The zero-order valence-corrected chi connectivity index (χ0v) is 14.9. The zero-order chi connectivity index (χ0) is 17.3. The summed E-state index contributed by atoms with van der Waals surface area (Å²) >= 11 is 0. The van der Waals surface area contributed by atoms with E-state index in [2.05, 4.69) is 20.4 Å². The van der Waals surface area contributed by atoms with Crippen LogP contribution in [0.5, 0.6) is 0 Å². The number of fused-ring (bicyclic) bond motifs is 1. The van der Waals surface area contributed by atoms with Crippen LogP contribution >= 0.6 is 0 Å². The Hall–Kier alpha value is -1.09. The van der Waals surface area contributed by atoms with Gasteiger partial charge in [0, 0.05) is 0 Å². The van der Waals surface area contributed by atoms with Crippen molar-refractivity contribution in [2.45, 2.75) is 65.7 Å². The van der Waals surface area contributed by atoms with Gasteiger partial charge >= 0.3 is 5.97 Å². The predicted octanol–water partition coefficient (Wildman–Crippen LogP) is 4.57. The van der Waals surface area contributed by atoms with E-state index in [-0.39, 0.29) is 17.9 Å². The second-order valence-corrected chi connectivity index (χ2v) is 8.16. The molecule has 2 aliphatic carbocycles. The summed E-state index contributed by atoms with van der Waals surface area (Å²) in [6.07, 6.45) is 8.65. The van der Waals surface area contributed by atoms with Crippen LogP contribution in [0.4, 0.5) is 0 Å². The fourth-order valence-electron chi connectivity index (χ4n) is 5.37. The van der Waals surface area contributed by atoms with Gasteiger partial charge in [0.25, 0.3) is 0 Å². The molecule has 0 saturated heterocycles. The highest BCUT2D eigenvalue weighted by Crippen LogP contribution is 2.62. The third kappa shape index (κ3) is 3.26. The van der Waals surface area contributed by atoms with Crippen LogP contribution in [-0.2, 0) is 4.79 Å². The molecular formula is C20H32O3. The second kappa shape index (κ2) is 6.80. The quantitative estimate of drug-likeness (QED) is 0.730. The summed E-state index contributed by atoms with van der Waals surface area (Å²) in [5.74, 6) is -0.00260. The minimum atomic E-state index is -0.629. The number of carboxylic acid groups (broad SMARTS) is 1. The Labute approximate surface area is 140 Å². The lowest BCUT2D eigenvalue weighted by atomic mass is 9.46. The second-order valence-electron chi connectivity index (χ2n) is 8.16. The van der Waals surface area contributed by atoms with Crippen LogP contribution in [0.3, 0.4) is 0 Å². The zero-order valence-electron chi connectivity index (χ0n) is 14.9. The van der Waals surface area contributed by atoms with E-state index in [1.165, 1.54) is 11.1 Å². The van der Waals surface area contributed by atoms with Crippen molar-refractivity contribution in [3.05, 3.63) is 23.8 Å². The van der Waals surface area contributed by atoms with Gasteiger partial charge in [-0.2, -0.15) is 0 Å². The molecule has 0 heterocycles. The smallest absolute Gasteiger partial charge is 0.309 e. The van der Waals surface area contributed by atoms with Gasteiger partial charge in [0.2, 0.25) is 0 Å². The van der Waals surface area contributed by atoms with E-state index in [0.717, 1.165) is 44.9 Å². The molecule has 0 aliphatic heterocycles. The Bertz CT molecular complexity index is 507. The van der Waals surface area contributed by atoms with Crippen LogP contribution in [-0.4, -0.2) is 22.8 Å². The molecule has 0 aromatic carbocycles. The van der Waals surface area contributed by atoms with Crippen molar-refractivity contribution in [2.24, 2.45) is 22.7 Å². The summed E-state index contributed by atoms with van der Waals surface area (Å²) in [6.45, 7) is 10.7. The number of hydrogen-bond donors (Lipinski definition) is 2. The predicted molar refractivity (Wildman–Crippen MR) is 93.1 cm³/mol. The number of aliphatic hydroxyl groups excluding tert-OH is 1. The van der Waals surface area contributed by atoms with Crippen LogP contribution in [0, 0.1) is 22.7 Å². The van der Waals surface area contributed by atoms with E-state index in [1.807, 2.05) is 13.0 Å². The van der Waals surface area contributed by atoms with Crippen LogP contribution in [0.25, 0.3) is 0 Å². The molecule has 3 heteroatoms.